The van der Waals surface area contributed by atoms with Crippen molar-refractivity contribution in [3.63, 3.8) is 0 Å². The quantitative estimate of drug-likeness (QED) is 0.589. The smallest absolute Gasteiger partial charge is 0.406 e. The lowest BCUT2D eigenvalue weighted by molar-refractivity contribution is -0.169. The molecule has 18 heavy (non-hydrogen) atoms. The molecule has 0 aliphatic rings. The molecule has 0 aromatic rings. The highest BCUT2D eigenvalue weighted by Gasteiger charge is 2.37. The van der Waals surface area contributed by atoms with Crippen LogP contribution in [-0.4, -0.2) is 48.2 Å². The first-order valence-corrected chi connectivity index (χ1v) is 5.39. The second-order valence-electron chi connectivity index (χ2n) is 3.90. The number of hydrogen-bond donors (Lipinski definition) is 1. The largest absolute Gasteiger partial charge is 0.464 e. The number of halogens is 3. The molecule has 0 saturated heterocycles. The van der Waals surface area contributed by atoms with Crippen LogP contribution in [0.5, 0.6) is 0 Å². The van der Waals surface area contributed by atoms with Crippen molar-refractivity contribution in [3.8, 4) is 0 Å². The molecule has 0 bridgehead atoms. The number of carbonyl (C=O) groups is 2. The van der Waals surface area contributed by atoms with Gasteiger partial charge in [-0.15, -0.1) is 0 Å². The molecule has 2 N–H and O–H groups in total. The van der Waals surface area contributed by atoms with Crippen molar-refractivity contribution in [1.82, 2.24) is 4.90 Å². The van der Waals surface area contributed by atoms with Crippen LogP contribution in [0.1, 0.15) is 20.8 Å². The van der Waals surface area contributed by atoms with Gasteiger partial charge < -0.3 is 15.4 Å². The Morgan fingerprint density at radius 2 is 1.83 bits per heavy atom. The van der Waals surface area contributed by atoms with E-state index in [2.05, 4.69) is 4.74 Å². The first-order valence-electron chi connectivity index (χ1n) is 5.39. The van der Waals surface area contributed by atoms with Crippen LogP contribution in [0.25, 0.3) is 0 Å². The number of nitrogens with zero attached hydrogens (tertiary/aromatic N) is 1. The van der Waals surface area contributed by atoms with Crippen molar-refractivity contribution < 1.29 is 27.5 Å². The first kappa shape index (κ1) is 16.7. The van der Waals surface area contributed by atoms with Gasteiger partial charge in [0.05, 0.1) is 6.61 Å². The van der Waals surface area contributed by atoms with Gasteiger partial charge in [-0.05, 0) is 20.8 Å². The van der Waals surface area contributed by atoms with E-state index >= 15 is 0 Å². The second-order valence-corrected chi connectivity index (χ2v) is 3.90. The van der Waals surface area contributed by atoms with E-state index in [1.807, 2.05) is 0 Å². The fourth-order valence-electron chi connectivity index (χ4n) is 1.22. The van der Waals surface area contributed by atoms with Crippen molar-refractivity contribution in [3.05, 3.63) is 0 Å². The molecule has 0 rings (SSSR count). The Morgan fingerprint density at radius 1 is 1.33 bits per heavy atom. The summed E-state index contributed by atoms with van der Waals surface area (Å²) in [5.74, 6) is -2.13. The van der Waals surface area contributed by atoms with Crippen LogP contribution in [0.2, 0.25) is 0 Å². The standard InChI is InChI=1S/C10H17F3N2O3/c1-4-18-9(17)7(14)8(16)15(6(2)3)5-10(11,12)13/h6-7H,4-5,14H2,1-3H3. The third-order valence-corrected chi connectivity index (χ3v) is 2.06. The van der Waals surface area contributed by atoms with Gasteiger partial charge in [-0.3, -0.25) is 4.79 Å². The van der Waals surface area contributed by atoms with Gasteiger partial charge in [-0.1, -0.05) is 0 Å². The predicted molar refractivity (Wildman–Crippen MR) is 57.5 cm³/mol. The summed E-state index contributed by atoms with van der Waals surface area (Å²) in [7, 11) is 0. The van der Waals surface area contributed by atoms with Crippen molar-refractivity contribution >= 4 is 11.9 Å². The molecule has 1 unspecified atom stereocenters. The van der Waals surface area contributed by atoms with Crippen molar-refractivity contribution in [2.24, 2.45) is 5.73 Å². The number of amides is 1. The van der Waals surface area contributed by atoms with Crippen LogP contribution in [-0.2, 0) is 14.3 Å². The maximum absolute atomic E-state index is 12.3. The average Bonchev–Trinajstić information content (AvgIpc) is 2.22. The van der Waals surface area contributed by atoms with Crippen LogP contribution in [0.3, 0.4) is 0 Å². The highest BCUT2D eigenvalue weighted by molar-refractivity contribution is 6.01. The monoisotopic (exact) mass is 270 g/mol. The molecular formula is C10H17F3N2O3. The summed E-state index contributed by atoms with van der Waals surface area (Å²) >= 11 is 0. The number of rotatable bonds is 5. The molecule has 8 heteroatoms. The Morgan fingerprint density at radius 3 is 2.17 bits per heavy atom. The van der Waals surface area contributed by atoms with Crippen LogP contribution in [0.4, 0.5) is 13.2 Å². The fourth-order valence-corrected chi connectivity index (χ4v) is 1.22. The Balaban J connectivity index is 4.82. The summed E-state index contributed by atoms with van der Waals surface area (Å²) in [5, 5.41) is 0. The van der Waals surface area contributed by atoms with E-state index in [0.717, 1.165) is 0 Å². The lowest BCUT2D eigenvalue weighted by atomic mass is 10.2. The van der Waals surface area contributed by atoms with Crippen molar-refractivity contribution in [1.29, 1.82) is 0 Å². The maximum Gasteiger partial charge on any atom is 0.406 e. The summed E-state index contributed by atoms with van der Waals surface area (Å²) in [6.45, 7) is 2.87. The summed E-state index contributed by atoms with van der Waals surface area (Å²) in [5.41, 5.74) is 5.27. The van der Waals surface area contributed by atoms with Gasteiger partial charge in [0.25, 0.3) is 5.91 Å². The van der Waals surface area contributed by atoms with Crippen LogP contribution in [0.15, 0.2) is 0 Å². The van der Waals surface area contributed by atoms with E-state index in [1.165, 1.54) is 20.8 Å². The topological polar surface area (TPSA) is 72.6 Å². The normalized spacial score (nSPS) is 13.3. The molecule has 106 valence electrons. The summed E-state index contributed by atoms with van der Waals surface area (Å²) in [6, 6.07) is -2.45. The predicted octanol–water partition coefficient (Wildman–Crippen LogP) is 0.676. The highest BCUT2D eigenvalue weighted by atomic mass is 19.4. The van der Waals surface area contributed by atoms with Gasteiger partial charge >= 0.3 is 12.1 Å². The van der Waals surface area contributed by atoms with Gasteiger partial charge in [0.2, 0.25) is 0 Å². The molecule has 0 radical (unpaired) electrons. The van der Waals surface area contributed by atoms with Crippen LogP contribution in [0, 0.1) is 0 Å². The van der Waals surface area contributed by atoms with Crippen LogP contribution >= 0.6 is 0 Å². The summed E-state index contributed by atoms with van der Waals surface area (Å²) in [4.78, 5) is 23.4. The fraction of sp³-hybridized carbons (Fsp3) is 0.800. The van der Waals surface area contributed by atoms with Gasteiger partial charge in [-0.25, -0.2) is 4.79 Å². The molecule has 1 atom stereocenters. The van der Waals surface area contributed by atoms with E-state index in [-0.39, 0.29) is 6.61 Å². The minimum absolute atomic E-state index is 0.000757. The van der Waals surface area contributed by atoms with Gasteiger partial charge in [0, 0.05) is 6.04 Å². The minimum atomic E-state index is -4.55. The number of alkyl halides is 3. The number of esters is 1. The number of hydrogen-bond acceptors (Lipinski definition) is 4. The molecule has 5 nitrogen and oxygen atoms in total. The Hall–Kier alpha value is -1.31. The van der Waals surface area contributed by atoms with E-state index in [0.29, 0.717) is 4.90 Å². The molecule has 0 spiro atoms. The van der Waals surface area contributed by atoms with Crippen molar-refractivity contribution in [2.45, 2.75) is 39.0 Å². The molecule has 0 aromatic heterocycles. The van der Waals surface area contributed by atoms with E-state index in [9.17, 15) is 22.8 Å². The van der Waals surface area contributed by atoms with Gasteiger partial charge in [0.1, 0.15) is 6.54 Å². The lowest BCUT2D eigenvalue weighted by Crippen LogP contribution is -2.53. The average molecular weight is 270 g/mol. The number of nitrogens with two attached hydrogens (primary N) is 1. The minimum Gasteiger partial charge on any atom is -0.464 e. The van der Waals surface area contributed by atoms with E-state index < -0.39 is 36.7 Å². The molecule has 0 fully saturated rings. The molecule has 0 aliphatic heterocycles. The number of ether oxygens (including phenoxy) is 1. The summed E-state index contributed by atoms with van der Waals surface area (Å²) in [6.07, 6.45) is -4.55. The SMILES string of the molecule is CCOC(=O)C(N)C(=O)N(CC(F)(F)F)C(C)C. The Kier molecular flexibility index (Phi) is 6.10. The second kappa shape index (κ2) is 6.58. The van der Waals surface area contributed by atoms with Gasteiger partial charge in [-0.2, -0.15) is 13.2 Å². The number of carbonyl (C=O) groups excluding carboxylic acids is 2. The zero-order valence-electron chi connectivity index (χ0n) is 10.5. The molecule has 0 aliphatic carbocycles. The third-order valence-electron chi connectivity index (χ3n) is 2.06. The Bertz CT molecular complexity index is 305. The molecule has 0 heterocycles. The Labute approximate surface area is 103 Å². The first-order chi connectivity index (χ1) is 8.10. The third kappa shape index (κ3) is 5.35. The zero-order valence-corrected chi connectivity index (χ0v) is 10.5. The zero-order chi connectivity index (χ0) is 14.5. The van der Waals surface area contributed by atoms with Crippen LogP contribution < -0.4 is 5.73 Å². The molecule has 1 amide bonds. The summed E-state index contributed by atoms with van der Waals surface area (Å²) < 4.78 is 41.4. The van der Waals surface area contributed by atoms with Gasteiger partial charge in [0.15, 0.2) is 6.04 Å². The van der Waals surface area contributed by atoms with E-state index in [4.69, 9.17) is 5.73 Å². The molecule has 0 aromatic carbocycles. The van der Waals surface area contributed by atoms with Crippen molar-refractivity contribution in [2.75, 3.05) is 13.2 Å². The van der Waals surface area contributed by atoms with E-state index in [1.54, 1.807) is 0 Å². The lowest BCUT2D eigenvalue weighted by Gasteiger charge is -2.29. The maximum atomic E-state index is 12.3. The highest BCUT2D eigenvalue weighted by Crippen LogP contribution is 2.18. The molecule has 0 saturated carbocycles. The molecular weight excluding hydrogens is 253 g/mol.